The smallest absolute Gasteiger partial charge is 0.0719 e. The molecular formula is C26H36BrNO. The predicted octanol–water partition coefficient (Wildman–Crippen LogP) is 6.58. The third-order valence-electron chi connectivity index (χ3n) is 6.22. The van der Waals surface area contributed by atoms with Gasteiger partial charge < -0.3 is 9.64 Å². The SMILES string of the molecule is CCCCN(C)C1CCc2cccc(COCCCCc3ccc(Br)cc3)c2C1. The molecule has 3 heteroatoms. The van der Waals surface area contributed by atoms with Crippen molar-refractivity contribution in [2.75, 3.05) is 20.2 Å². The van der Waals surface area contributed by atoms with Crippen LogP contribution in [-0.4, -0.2) is 31.1 Å². The van der Waals surface area contributed by atoms with E-state index in [-0.39, 0.29) is 0 Å². The lowest BCUT2D eigenvalue weighted by atomic mass is 9.85. The summed E-state index contributed by atoms with van der Waals surface area (Å²) >= 11 is 3.50. The van der Waals surface area contributed by atoms with Crippen molar-refractivity contribution < 1.29 is 4.74 Å². The number of hydrogen-bond acceptors (Lipinski definition) is 2. The summed E-state index contributed by atoms with van der Waals surface area (Å²) in [4.78, 5) is 2.58. The molecule has 158 valence electrons. The number of likely N-dealkylation sites (N-methyl/N-ethyl adjacent to an activating group) is 1. The molecule has 0 amide bonds. The lowest BCUT2D eigenvalue weighted by Crippen LogP contribution is -2.37. The van der Waals surface area contributed by atoms with Gasteiger partial charge in [-0.25, -0.2) is 0 Å². The van der Waals surface area contributed by atoms with E-state index in [0.29, 0.717) is 6.04 Å². The Morgan fingerprint density at radius 2 is 1.90 bits per heavy atom. The van der Waals surface area contributed by atoms with Crippen molar-refractivity contribution in [2.24, 2.45) is 0 Å². The number of benzene rings is 2. The molecule has 1 aliphatic rings. The van der Waals surface area contributed by atoms with Gasteiger partial charge in [0, 0.05) is 17.1 Å². The second-order valence-corrected chi connectivity index (χ2v) is 9.34. The highest BCUT2D eigenvalue weighted by molar-refractivity contribution is 9.10. The predicted molar refractivity (Wildman–Crippen MR) is 127 cm³/mol. The summed E-state index contributed by atoms with van der Waals surface area (Å²) in [6, 6.07) is 16.1. The maximum absolute atomic E-state index is 6.08. The first-order valence-electron chi connectivity index (χ1n) is 11.3. The lowest BCUT2D eigenvalue weighted by Gasteiger charge is -2.33. The molecule has 0 saturated heterocycles. The molecule has 0 aromatic heterocycles. The van der Waals surface area contributed by atoms with Crippen LogP contribution >= 0.6 is 15.9 Å². The van der Waals surface area contributed by atoms with Gasteiger partial charge in [-0.3, -0.25) is 0 Å². The minimum absolute atomic E-state index is 0.682. The van der Waals surface area contributed by atoms with Gasteiger partial charge in [0.15, 0.2) is 0 Å². The van der Waals surface area contributed by atoms with Crippen molar-refractivity contribution >= 4 is 15.9 Å². The average Bonchev–Trinajstić information content (AvgIpc) is 2.75. The molecule has 1 unspecified atom stereocenters. The monoisotopic (exact) mass is 457 g/mol. The molecule has 0 N–H and O–H groups in total. The van der Waals surface area contributed by atoms with Gasteiger partial charge in [0.1, 0.15) is 0 Å². The Hall–Kier alpha value is -1.16. The van der Waals surface area contributed by atoms with Gasteiger partial charge in [-0.1, -0.05) is 59.6 Å². The Bertz CT molecular complexity index is 743. The third kappa shape index (κ3) is 6.94. The molecule has 0 heterocycles. The normalized spacial score (nSPS) is 16.2. The number of nitrogens with zero attached hydrogens (tertiary/aromatic N) is 1. The standard InChI is InChI=1S/C26H36BrNO/c1-3-4-17-28(2)25-16-13-22-9-7-10-23(26(22)19-25)20-29-18-6-5-8-21-11-14-24(27)15-12-21/h7,9-12,14-15,25H,3-6,8,13,16-20H2,1-2H3. The van der Waals surface area contributed by atoms with Gasteiger partial charge >= 0.3 is 0 Å². The summed E-state index contributed by atoms with van der Waals surface area (Å²) in [7, 11) is 2.30. The van der Waals surface area contributed by atoms with Gasteiger partial charge in [0.25, 0.3) is 0 Å². The fourth-order valence-electron chi connectivity index (χ4n) is 4.31. The molecule has 0 radical (unpaired) electrons. The molecule has 2 aromatic carbocycles. The number of unbranched alkanes of at least 4 members (excludes halogenated alkanes) is 2. The molecule has 0 fully saturated rings. The van der Waals surface area contributed by atoms with Gasteiger partial charge in [0.2, 0.25) is 0 Å². The lowest BCUT2D eigenvalue weighted by molar-refractivity contribution is 0.116. The van der Waals surface area contributed by atoms with E-state index in [1.165, 1.54) is 56.2 Å². The maximum Gasteiger partial charge on any atom is 0.0719 e. The minimum Gasteiger partial charge on any atom is -0.377 e. The van der Waals surface area contributed by atoms with Gasteiger partial charge in [0.05, 0.1) is 6.61 Å². The first kappa shape index (κ1) is 22.5. The molecule has 0 aliphatic heterocycles. The Morgan fingerprint density at radius 1 is 1.07 bits per heavy atom. The van der Waals surface area contributed by atoms with Crippen LogP contribution in [-0.2, 0) is 30.6 Å². The van der Waals surface area contributed by atoms with Gasteiger partial charge in [-0.05, 0) is 92.9 Å². The Labute approximate surface area is 185 Å². The number of halogens is 1. The molecule has 0 spiro atoms. The summed E-state index contributed by atoms with van der Waals surface area (Å²) < 4.78 is 7.23. The second kappa shape index (κ2) is 11.9. The molecule has 3 rings (SSSR count). The Morgan fingerprint density at radius 3 is 2.69 bits per heavy atom. The Kier molecular flexibility index (Phi) is 9.23. The topological polar surface area (TPSA) is 12.5 Å². The van der Waals surface area contributed by atoms with E-state index in [1.807, 2.05) is 0 Å². The van der Waals surface area contributed by atoms with Crippen LogP contribution < -0.4 is 0 Å². The Balaban J connectivity index is 1.44. The van der Waals surface area contributed by atoms with Crippen LogP contribution in [0, 0.1) is 0 Å². The fraction of sp³-hybridized carbons (Fsp3) is 0.538. The average molecular weight is 458 g/mol. The zero-order valence-corrected chi connectivity index (χ0v) is 19.7. The van der Waals surface area contributed by atoms with E-state index in [0.717, 1.165) is 30.5 Å². The van der Waals surface area contributed by atoms with E-state index in [1.54, 1.807) is 11.1 Å². The molecule has 2 aromatic rings. The highest BCUT2D eigenvalue weighted by Crippen LogP contribution is 2.27. The van der Waals surface area contributed by atoms with Crippen molar-refractivity contribution in [1.29, 1.82) is 0 Å². The van der Waals surface area contributed by atoms with Crippen molar-refractivity contribution in [1.82, 2.24) is 4.90 Å². The molecule has 0 bridgehead atoms. The van der Waals surface area contributed by atoms with Crippen LogP contribution in [0.2, 0.25) is 0 Å². The highest BCUT2D eigenvalue weighted by atomic mass is 79.9. The molecule has 1 aliphatic carbocycles. The van der Waals surface area contributed by atoms with Gasteiger partial charge in [-0.2, -0.15) is 0 Å². The quantitative estimate of drug-likeness (QED) is 0.353. The highest BCUT2D eigenvalue weighted by Gasteiger charge is 2.23. The van der Waals surface area contributed by atoms with Crippen LogP contribution in [0.5, 0.6) is 0 Å². The molecule has 1 atom stereocenters. The second-order valence-electron chi connectivity index (χ2n) is 8.42. The van der Waals surface area contributed by atoms with E-state index < -0.39 is 0 Å². The van der Waals surface area contributed by atoms with Crippen LogP contribution in [0.25, 0.3) is 0 Å². The first-order chi connectivity index (χ1) is 14.2. The summed E-state index contributed by atoms with van der Waals surface area (Å²) in [5.74, 6) is 0. The van der Waals surface area contributed by atoms with Crippen molar-refractivity contribution in [3.8, 4) is 0 Å². The largest absolute Gasteiger partial charge is 0.377 e. The number of rotatable bonds is 11. The maximum atomic E-state index is 6.08. The first-order valence-corrected chi connectivity index (χ1v) is 12.1. The number of aryl methyl sites for hydroxylation is 2. The zero-order chi connectivity index (χ0) is 20.5. The minimum atomic E-state index is 0.682. The zero-order valence-electron chi connectivity index (χ0n) is 18.1. The summed E-state index contributed by atoms with van der Waals surface area (Å²) in [5.41, 5.74) is 5.91. The molecule has 2 nitrogen and oxygen atoms in total. The van der Waals surface area contributed by atoms with Crippen LogP contribution in [0.4, 0.5) is 0 Å². The van der Waals surface area contributed by atoms with Crippen LogP contribution in [0.15, 0.2) is 46.9 Å². The number of fused-ring (bicyclic) bond motifs is 1. The third-order valence-corrected chi connectivity index (χ3v) is 6.75. The van der Waals surface area contributed by atoms with E-state index in [9.17, 15) is 0 Å². The van der Waals surface area contributed by atoms with Gasteiger partial charge in [-0.15, -0.1) is 0 Å². The summed E-state index contributed by atoms with van der Waals surface area (Å²) in [6.07, 6.45) is 9.67. The van der Waals surface area contributed by atoms with Crippen molar-refractivity contribution in [3.05, 3.63) is 69.2 Å². The van der Waals surface area contributed by atoms with Crippen molar-refractivity contribution in [2.45, 2.75) is 70.9 Å². The fourth-order valence-corrected chi connectivity index (χ4v) is 4.58. The van der Waals surface area contributed by atoms with Crippen LogP contribution in [0.3, 0.4) is 0 Å². The number of hydrogen-bond donors (Lipinski definition) is 0. The van der Waals surface area contributed by atoms with E-state index in [2.05, 4.69) is 77.3 Å². The number of ether oxygens (including phenoxy) is 1. The van der Waals surface area contributed by atoms with E-state index in [4.69, 9.17) is 4.74 Å². The molecule has 0 saturated carbocycles. The van der Waals surface area contributed by atoms with E-state index >= 15 is 0 Å². The van der Waals surface area contributed by atoms with Crippen molar-refractivity contribution in [3.63, 3.8) is 0 Å². The molecule has 29 heavy (non-hydrogen) atoms. The summed E-state index contributed by atoms with van der Waals surface area (Å²) in [5, 5.41) is 0. The molecular weight excluding hydrogens is 422 g/mol. The van der Waals surface area contributed by atoms with Crippen LogP contribution in [0.1, 0.15) is 61.3 Å². The summed E-state index contributed by atoms with van der Waals surface area (Å²) in [6.45, 7) is 5.10.